The summed E-state index contributed by atoms with van der Waals surface area (Å²) in [5, 5.41) is 11.7. The minimum absolute atomic E-state index is 0.0407. The van der Waals surface area contributed by atoms with Gasteiger partial charge in [0.15, 0.2) is 6.10 Å². The number of carbonyl (C=O) groups excluding carboxylic acids is 2. The van der Waals surface area contributed by atoms with Crippen molar-refractivity contribution in [2.75, 3.05) is 18.1 Å². The highest BCUT2D eigenvalue weighted by atomic mass is 19.1. The van der Waals surface area contributed by atoms with Crippen molar-refractivity contribution in [3.05, 3.63) is 60.4 Å². The van der Waals surface area contributed by atoms with E-state index in [0.717, 1.165) is 0 Å². The number of cyclic esters (lactones) is 1. The zero-order chi connectivity index (χ0) is 28.2. The molecule has 1 aromatic carbocycles. The maximum absolute atomic E-state index is 15.1. The number of amides is 1. The normalized spacial score (nSPS) is 19.4. The first-order chi connectivity index (χ1) is 19.3. The number of esters is 1. The molecule has 2 aliphatic rings. The van der Waals surface area contributed by atoms with Gasteiger partial charge in [0.25, 0.3) is 0 Å². The standard InChI is InChI=1S/C27H30FN7O5/c1-16(2)9-23(29)26(36)38-15-19-11-25(32-40-19)24-6-3-17(12-30-24)21-5-4-18(10-22(21)28)35-14-20(39-27(35)37)13-34-8-7-31-33-34/h3-8,10,12,16,19-20,23H,9,11,13-15,29H2,1-2H3/t19?,20-,23-/m0/s1. The van der Waals surface area contributed by atoms with E-state index in [4.69, 9.17) is 20.0 Å². The van der Waals surface area contributed by atoms with Gasteiger partial charge in [0.05, 0.1) is 30.7 Å². The molecule has 1 unspecified atom stereocenters. The third-order valence-corrected chi connectivity index (χ3v) is 6.54. The van der Waals surface area contributed by atoms with Crippen molar-refractivity contribution in [2.45, 2.75) is 51.5 Å². The van der Waals surface area contributed by atoms with Crippen LogP contribution in [0.2, 0.25) is 0 Å². The lowest BCUT2D eigenvalue weighted by molar-refractivity contribution is -0.149. The summed E-state index contributed by atoms with van der Waals surface area (Å²) in [6.45, 7) is 4.63. The molecule has 1 fully saturated rings. The number of halogens is 1. The van der Waals surface area contributed by atoms with E-state index in [-0.39, 0.29) is 19.1 Å². The Kier molecular flexibility index (Phi) is 8.01. The highest BCUT2D eigenvalue weighted by Gasteiger charge is 2.33. The predicted octanol–water partition coefficient (Wildman–Crippen LogP) is 2.91. The molecular formula is C27H30FN7O5. The molecule has 1 saturated heterocycles. The van der Waals surface area contributed by atoms with Gasteiger partial charge in [0.2, 0.25) is 0 Å². The van der Waals surface area contributed by atoms with Gasteiger partial charge in [-0.3, -0.25) is 14.7 Å². The van der Waals surface area contributed by atoms with Gasteiger partial charge < -0.3 is 20.0 Å². The molecule has 3 aromatic rings. The van der Waals surface area contributed by atoms with Gasteiger partial charge in [-0.15, -0.1) is 5.10 Å². The first kappa shape index (κ1) is 27.2. The predicted molar refractivity (Wildman–Crippen MR) is 142 cm³/mol. The first-order valence-electron chi connectivity index (χ1n) is 13.0. The second kappa shape index (κ2) is 11.8. The maximum Gasteiger partial charge on any atom is 0.414 e. The lowest BCUT2D eigenvalue weighted by atomic mass is 10.0. The number of anilines is 1. The summed E-state index contributed by atoms with van der Waals surface area (Å²) in [5.74, 6) is -0.679. The van der Waals surface area contributed by atoms with E-state index >= 15 is 4.39 Å². The Bertz CT molecular complexity index is 1380. The second-order valence-corrected chi connectivity index (χ2v) is 10.2. The number of ether oxygens (including phenoxy) is 2. The number of aromatic nitrogens is 4. The van der Waals surface area contributed by atoms with Crippen LogP contribution in [0.5, 0.6) is 0 Å². The Balaban J connectivity index is 1.17. The fourth-order valence-electron chi connectivity index (χ4n) is 4.55. The molecule has 0 aliphatic carbocycles. The van der Waals surface area contributed by atoms with Gasteiger partial charge in [-0.2, -0.15) is 0 Å². The summed E-state index contributed by atoms with van der Waals surface area (Å²) in [7, 11) is 0. The Morgan fingerprint density at radius 2 is 2.10 bits per heavy atom. The number of hydrogen-bond donors (Lipinski definition) is 1. The number of rotatable bonds is 10. The van der Waals surface area contributed by atoms with Crippen LogP contribution in [0.3, 0.4) is 0 Å². The van der Waals surface area contributed by atoms with Crippen LogP contribution in [0.15, 0.2) is 54.1 Å². The molecule has 5 rings (SSSR count). The maximum atomic E-state index is 15.1. The Hall–Kier alpha value is -4.39. The largest absolute Gasteiger partial charge is 0.460 e. The van der Waals surface area contributed by atoms with Gasteiger partial charge in [-0.1, -0.05) is 30.3 Å². The van der Waals surface area contributed by atoms with Gasteiger partial charge in [0, 0.05) is 29.9 Å². The SMILES string of the molecule is CC(C)C[C@H](N)C(=O)OCC1CC(c2ccc(-c3ccc(N4C[C@H](Cn5ccnn5)OC4=O)cc3F)cn2)=NO1. The lowest BCUT2D eigenvalue weighted by Gasteiger charge is -2.15. The van der Waals surface area contributed by atoms with Crippen LogP contribution < -0.4 is 10.6 Å². The van der Waals surface area contributed by atoms with Crippen LogP contribution in [0.4, 0.5) is 14.9 Å². The molecule has 3 atom stereocenters. The first-order valence-corrected chi connectivity index (χ1v) is 13.0. The molecule has 1 amide bonds. The van der Waals surface area contributed by atoms with Gasteiger partial charge >= 0.3 is 12.1 Å². The van der Waals surface area contributed by atoms with Crippen molar-refractivity contribution >= 4 is 23.5 Å². The van der Waals surface area contributed by atoms with Crippen molar-refractivity contribution in [1.82, 2.24) is 20.0 Å². The Morgan fingerprint density at radius 1 is 1.25 bits per heavy atom. The van der Waals surface area contributed by atoms with E-state index in [1.165, 1.54) is 11.0 Å². The third-order valence-electron chi connectivity index (χ3n) is 6.54. The molecule has 2 N–H and O–H groups in total. The number of pyridine rings is 1. The monoisotopic (exact) mass is 551 g/mol. The fourth-order valence-corrected chi connectivity index (χ4v) is 4.55. The van der Waals surface area contributed by atoms with Crippen molar-refractivity contribution in [3.63, 3.8) is 0 Å². The average Bonchev–Trinajstić information content (AvgIpc) is 3.69. The highest BCUT2D eigenvalue weighted by Crippen LogP contribution is 2.29. The van der Waals surface area contributed by atoms with Crippen molar-refractivity contribution in [2.24, 2.45) is 16.8 Å². The van der Waals surface area contributed by atoms with E-state index in [1.807, 2.05) is 13.8 Å². The summed E-state index contributed by atoms with van der Waals surface area (Å²) in [4.78, 5) is 35.6. The zero-order valence-corrected chi connectivity index (χ0v) is 22.1. The third kappa shape index (κ3) is 6.25. The van der Waals surface area contributed by atoms with Crippen LogP contribution in [0, 0.1) is 11.7 Å². The fraction of sp³-hybridized carbons (Fsp3) is 0.407. The summed E-state index contributed by atoms with van der Waals surface area (Å²) >= 11 is 0. The molecule has 13 heteroatoms. The average molecular weight is 552 g/mol. The molecule has 0 saturated carbocycles. The lowest BCUT2D eigenvalue weighted by Crippen LogP contribution is -2.35. The van der Waals surface area contributed by atoms with Crippen molar-refractivity contribution in [1.29, 1.82) is 0 Å². The highest BCUT2D eigenvalue weighted by molar-refractivity contribution is 5.99. The van der Waals surface area contributed by atoms with Crippen LogP contribution in [-0.2, 0) is 25.7 Å². The van der Waals surface area contributed by atoms with Gasteiger partial charge in [-0.05, 0) is 36.6 Å². The van der Waals surface area contributed by atoms with E-state index in [2.05, 4.69) is 20.5 Å². The summed E-state index contributed by atoms with van der Waals surface area (Å²) < 4.78 is 27.4. The number of nitrogens with zero attached hydrogens (tertiary/aromatic N) is 6. The van der Waals surface area contributed by atoms with E-state index in [1.54, 1.807) is 47.5 Å². The molecule has 210 valence electrons. The number of carbonyl (C=O) groups is 2. The Morgan fingerprint density at radius 3 is 2.80 bits per heavy atom. The van der Waals surface area contributed by atoms with Gasteiger partial charge in [0.1, 0.15) is 30.3 Å². The van der Waals surface area contributed by atoms with E-state index in [0.29, 0.717) is 47.6 Å². The molecule has 2 aromatic heterocycles. The second-order valence-electron chi connectivity index (χ2n) is 10.2. The van der Waals surface area contributed by atoms with Crippen LogP contribution >= 0.6 is 0 Å². The molecular weight excluding hydrogens is 521 g/mol. The smallest absolute Gasteiger partial charge is 0.414 e. The van der Waals surface area contributed by atoms with E-state index in [9.17, 15) is 9.59 Å². The molecule has 0 radical (unpaired) electrons. The molecule has 0 spiro atoms. The minimum atomic E-state index is -0.669. The van der Waals surface area contributed by atoms with Crippen LogP contribution in [0.1, 0.15) is 32.4 Å². The summed E-state index contributed by atoms with van der Waals surface area (Å²) in [6.07, 6.45) is 4.32. The Labute approximate surface area is 229 Å². The molecule has 2 aliphatic heterocycles. The number of benzene rings is 1. The van der Waals surface area contributed by atoms with Crippen molar-refractivity contribution < 1.29 is 28.3 Å². The quantitative estimate of drug-likeness (QED) is 0.376. The topological polar surface area (TPSA) is 147 Å². The molecule has 4 heterocycles. The molecule has 40 heavy (non-hydrogen) atoms. The minimum Gasteiger partial charge on any atom is -0.460 e. The molecule has 12 nitrogen and oxygen atoms in total. The summed E-state index contributed by atoms with van der Waals surface area (Å²) in [6, 6.07) is 7.36. The number of nitrogens with two attached hydrogens (primary N) is 1. The summed E-state index contributed by atoms with van der Waals surface area (Å²) in [5.41, 5.74) is 8.32. The number of hydrogen-bond acceptors (Lipinski definition) is 10. The van der Waals surface area contributed by atoms with Crippen LogP contribution in [0.25, 0.3) is 11.1 Å². The number of oxime groups is 1. The van der Waals surface area contributed by atoms with Gasteiger partial charge in [-0.25, -0.2) is 13.9 Å². The van der Waals surface area contributed by atoms with Crippen molar-refractivity contribution in [3.8, 4) is 11.1 Å². The zero-order valence-electron chi connectivity index (χ0n) is 22.1. The van der Waals surface area contributed by atoms with Crippen LogP contribution in [-0.4, -0.2) is 69.2 Å². The molecule has 0 bridgehead atoms. The van der Waals surface area contributed by atoms with E-state index < -0.39 is 36.1 Å².